The van der Waals surface area contributed by atoms with Gasteiger partial charge < -0.3 is 9.75 Å². The van der Waals surface area contributed by atoms with E-state index < -0.39 is 11.7 Å². The van der Waals surface area contributed by atoms with Crippen molar-refractivity contribution in [2.24, 2.45) is 5.84 Å². The smallest absolute Gasteiger partial charge is 0.416 e. The van der Waals surface area contributed by atoms with Gasteiger partial charge in [-0.05, 0) is 18.2 Å². The molecule has 0 heterocycles. The summed E-state index contributed by atoms with van der Waals surface area (Å²) in [6.45, 7) is -0.264. The molecule has 118 valence electrons. The van der Waals surface area contributed by atoms with Gasteiger partial charge in [-0.2, -0.15) is 13.2 Å². The highest BCUT2D eigenvalue weighted by atomic mass is 35.5. The van der Waals surface area contributed by atoms with Crippen LogP contribution in [0.2, 0.25) is 5.02 Å². The van der Waals surface area contributed by atoms with E-state index >= 15 is 0 Å². The SMILES string of the molecule is CN(N)c1cccc(Cl)c1OCc1ccccc1C(F)(F)F. The van der Waals surface area contributed by atoms with Crippen LogP contribution in [0.25, 0.3) is 0 Å². The molecule has 0 spiro atoms. The molecular formula is C15H14ClF3N2O. The van der Waals surface area contributed by atoms with Crippen LogP contribution < -0.4 is 15.6 Å². The number of anilines is 1. The zero-order valence-electron chi connectivity index (χ0n) is 11.7. The Morgan fingerprint density at radius 2 is 1.82 bits per heavy atom. The van der Waals surface area contributed by atoms with Crippen molar-refractivity contribution in [1.29, 1.82) is 0 Å². The number of benzene rings is 2. The first-order valence-corrected chi connectivity index (χ1v) is 6.73. The molecule has 7 heteroatoms. The van der Waals surface area contributed by atoms with Crippen LogP contribution in [0.4, 0.5) is 18.9 Å². The third kappa shape index (κ3) is 3.64. The lowest BCUT2D eigenvalue weighted by Crippen LogP contribution is -2.25. The Kier molecular flexibility index (Phi) is 4.83. The van der Waals surface area contributed by atoms with E-state index in [0.717, 1.165) is 6.07 Å². The first kappa shape index (κ1) is 16.5. The summed E-state index contributed by atoms with van der Waals surface area (Å²) in [6, 6.07) is 10.2. The fraction of sp³-hybridized carbons (Fsp3) is 0.200. The molecule has 0 aromatic heterocycles. The van der Waals surface area contributed by atoms with E-state index in [0.29, 0.717) is 5.69 Å². The predicted octanol–water partition coefficient (Wildman–Crippen LogP) is 4.25. The van der Waals surface area contributed by atoms with E-state index in [1.165, 1.54) is 23.2 Å². The van der Waals surface area contributed by atoms with Crippen molar-refractivity contribution in [3.63, 3.8) is 0 Å². The Balaban J connectivity index is 2.29. The molecule has 2 rings (SSSR count). The number of hydrazine groups is 1. The molecule has 0 aliphatic rings. The van der Waals surface area contributed by atoms with Gasteiger partial charge in [0.2, 0.25) is 0 Å². The minimum atomic E-state index is -4.44. The molecule has 0 unspecified atom stereocenters. The minimum Gasteiger partial charge on any atom is -0.485 e. The third-order valence-electron chi connectivity index (χ3n) is 3.02. The van der Waals surface area contributed by atoms with Crippen LogP contribution >= 0.6 is 11.6 Å². The molecule has 0 saturated heterocycles. The monoisotopic (exact) mass is 330 g/mol. The maximum Gasteiger partial charge on any atom is 0.416 e. The summed E-state index contributed by atoms with van der Waals surface area (Å²) < 4.78 is 44.4. The third-order valence-corrected chi connectivity index (χ3v) is 3.32. The van der Waals surface area contributed by atoms with Crippen LogP contribution in [0, 0.1) is 0 Å². The molecule has 0 aliphatic heterocycles. The van der Waals surface area contributed by atoms with E-state index in [4.69, 9.17) is 22.2 Å². The second-order valence-electron chi connectivity index (χ2n) is 4.64. The van der Waals surface area contributed by atoms with Crippen molar-refractivity contribution in [3.8, 4) is 5.75 Å². The van der Waals surface area contributed by atoms with E-state index in [9.17, 15) is 13.2 Å². The number of hydrogen-bond acceptors (Lipinski definition) is 3. The van der Waals surface area contributed by atoms with E-state index in [2.05, 4.69) is 0 Å². The zero-order chi connectivity index (χ0) is 16.3. The number of hydrogen-bond donors (Lipinski definition) is 1. The Hall–Kier alpha value is -1.92. The van der Waals surface area contributed by atoms with Crippen molar-refractivity contribution in [2.45, 2.75) is 12.8 Å². The Morgan fingerprint density at radius 1 is 1.14 bits per heavy atom. The largest absolute Gasteiger partial charge is 0.485 e. The van der Waals surface area contributed by atoms with Gasteiger partial charge in [0, 0.05) is 12.6 Å². The topological polar surface area (TPSA) is 38.5 Å². The van der Waals surface area contributed by atoms with Gasteiger partial charge in [0.25, 0.3) is 0 Å². The number of rotatable bonds is 4. The van der Waals surface area contributed by atoms with Crippen LogP contribution in [0.1, 0.15) is 11.1 Å². The highest BCUT2D eigenvalue weighted by molar-refractivity contribution is 6.32. The fourth-order valence-corrected chi connectivity index (χ4v) is 2.21. The lowest BCUT2D eigenvalue weighted by atomic mass is 10.1. The van der Waals surface area contributed by atoms with Gasteiger partial charge in [-0.15, -0.1) is 0 Å². The van der Waals surface area contributed by atoms with Crippen LogP contribution in [-0.4, -0.2) is 7.05 Å². The molecular weight excluding hydrogens is 317 g/mol. The number of nitrogens with zero attached hydrogens (tertiary/aromatic N) is 1. The van der Waals surface area contributed by atoms with Gasteiger partial charge in [0.1, 0.15) is 6.61 Å². The molecule has 0 radical (unpaired) electrons. The highest BCUT2D eigenvalue weighted by Gasteiger charge is 2.33. The zero-order valence-corrected chi connectivity index (χ0v) is 12.4. The van der Waals surface area contributed by atoms with Crippen molar-refractivity contribution >= 4 is 17.3 Å². The first-order chi connectivity index (χ1) is 10.3. The molecule has 2 N–H and O–H groups in total. The Bertz CT molecular complexity index is 659. The summed E-state index contributed by atoms with van der Waals surface area (Å²) in [4.78, 5) is 0. The molecule has 0 aliphatic carbocycles. The second-order valence-corrected chi connectivity index (χ2v) is 5.05. The normalized spacial score (nSPS) is 11.4. The van der Waals surface area contributed by atoms with Crippen LogP contribution in [0.5, 0.6) is 5.75 Å². The number of ether oxygens (including phenoxy) is 1. The summed E-state index contributed by atoms with van der Waals surface area (Å²) in [5.74, 6) is 5.91. The molecule has 0 saturated carbocycles. The van der Waals surface area contributed by atoms with E-state index in [1.54, 1.807) is 25.2 Å². The van der Waals surface area contributed by atoms with Gasteiger partial charge in [0.05, 0.1) is 16.3 Å². The number of para-hydroxylation sites is 1. The van der Waals surface area contributed by atoms with Crippen molar-refractivity contribution in [3.05, 3.63) is 58.6 Å². The summed E-state index contributed by atoms with van der Waals surface area (Å²) in [5, 5.41) is 1.57. The number of alkyl halides is 3. The van der Waals surface area contributed by atoms with Gasteiger partial charge >= 0.3 is 6.18 Å². The van der Waals surface area contributed by atoms with Crippen LogP contribution in [0.3, 0.4) is 0 Å². The van der Waals surface area contributed by atoms with Gasteiger partial charge in [-0.3, -0.25) is 0 Å². The van der Waals surface area contributed by atoms with Crippen molar-refractivity contribution in [1.82, 2.24) is 0 Å². The Labute approximate surface area is 131 Å². The molecule has 0 bridgehead atoms. The summed E-state index contributed by atoms with van der Waals surface area (Å²) in [6.07, 6.45) is -4.44. The van der Waals surface area contributed by atoms with Crippen LogP contribution in [0.15, 0.2) is 42.5 Å². The maximum absolute atomic E-state index is 13.0. The number of nitrogens with two attached hydrogens (primary N) is 1. The molecule has 0 amide bonds. The summed E-state index contributed by atoms with van der Waals surface area (Å²) >= 11 is 6.04. The summed E-state index contributed by atoms with van der Waals surface area (Å²) in [7, 11) is 1.59. The molecule has 0 fully saturated rings. The predicted molar refractivity (Wildman–Crippen MR) is 79.8 cm³/mol. The lowest BCUT2D eigenvalue weighted by molar-refractivity contribution is -0.138. The van der Waals surface area contributed by atoms with Crippen LogP contribution in [-0.2, 0) is 12.8 Å². The molecule has 0 atom stereocenters. The van der Waals surface area contributed by atoms with E-state index in [1.807, 2.05) is 0 Å². The standard InChI is InChI=1S/C15H14ClF3N2O/c1-21(20)13-8-4-7-12(16)14(13)22-9-10-5-2-3-6-11(10)15(17,18)19/h2-8H,9,20H2,1H3. The summed E-state index contributed by atoms with van der Waals surface area (Å²) in [5.41, 5.74) is -0.220. The Morgan fingerprint density at radius 3 is 2.45 bits per heavy atom. The van der Waals surface area contributed by atoms with Crippen molar-refractivity contribution < 1.29 is 17.9 Å². The molecule has 2 aromatic carbocycles. The first-order valence-electron chi connectivity index (χ1n) is 6.35. The molecule has 3 nitrogen and oxygen atoms in total. The van der Waals surface area contributed by atoms with Gasteiger partial charge in [-0.1, -0.05) is 35.9 Å². The van der Waals surface area contributed by atoms with Gasteiger partial charge in [-0.25, -0.2) is 5.84 Å². The van der Waals surface area contributed by atoms with E-state index in [-0.39, 0.29) is 22.9 Å². The molecule has 2 aromatic rings. The second kappa shape index (κ2) is 6.46. The fourth-order valence-electron chi connectivity index (χ4n) is 1.99. The maximum atomic E-state index is 13.0. The quantitative estimate of drug-likeness (QED) is 0.673. The lowest BCUT2D eigenvalue weighted by Gasteiger charge is -2.19. The number of halogens is 4. The molecule has 22 heavy (non-hydrogen) atoms. The van der Waals surface area contributed by atoms with Gasteiger partial charge in [0.15, 0.2) is 5.75 Å². The average Bonchev–Trinajstić information content (AvgIpc) is 2.45. The minimum absolute atomic E-state index is 0.0283. The average molecular weight is 331 g/mol. The van der Waals surface area contributed by atoms with Crippen molar-refractivity contribution in [2.75, 3.05) is 12.1 Å². The highest BCUT2D eigenvalue weighted by Crippen LogP contribution is 2.36.